The Hall–Kier alpha value is -4.20. The lowest BCUT2D eigenvalue weighted by atomic mass is 9.99. The second-order valence-corrected chi connectivity index (χ2v) is 21.4. The van der Waals surface area contributed by atoms with Crippen molar-refractivity contribution in [3.05, 3.63) is 134 Å². The van der Waals surface area contributed by atoms with E-state index < -0.39 is 67.4 Å². The van der Waals surface area contributed by atoms with E-state index in [1.807, 2.05) is 18.2 Å². The molecular weight excluding hydrogens is 1010 g/mol. The number of carbonyl (C=O) groups is 2. The number of ether oxygens (including phenoxy) is 3. The molecule has 0 aliphatic carbocycles. The molecule has 1 fully saturated rings. The lowest BCUT2D eigenvalue weighted by molar-refractivity contribution is -0.305. The van der Waals surface area contributed by atoms with Gasteiger partial charge in [0, 0.05) is 12.8 Å². The summed E-state index contributed by atoms with van der Waals surface area (Å²) in [5.74, 6) is -1.31. The van der Waals surface area contributed by atoms with Gasteiger partial charge in [0.2, 0.25) is 5.91 Å². The molecule has 0 radical (unpaired) electrons. The van der Waals surface area contributed by atoms with Gasteiger partial charge in [-0.05, 0) is 103 Å². The minimum absolute atomic E-state index is 0.0487. The van der Waals surface area contributed by atoms with Gasteiger partial charge in [0.05, 0.1) is 25.4 Å². The van der Waals surface area contributed by atoms with Crippen LogP contribution < -0.4 is 5.32 Å². The van der Waals surface area contributed by atoms with Gasteiger partial charge in [0.15, 0.2) is 12.4 Å². The highest BCUT2D eigenvalue weighted by molar-refractivity contribution is 5.81. The second-order valence-electron chi connectivity index (χ2n) is 21.4. The standard InChI is InChI=1S/C70H115NO10/c1-4-7-10-13-16-19-22-25-27-29-31-32-33-35-37-40-43-46-49-52-55-58-65(75)81-68-67(77)66(76)64(59-72)80-70(68)79-60-61(62(73)56-53-50-47-44-41-38-24-21-18-15-12-9-6-3)71-69(78)63(74)57-54-51-48-45-42-39-36-34-30-28-26-23-20-17-14-11-8-5-2/h8,11,16-17,19-20,25-28,31-32,34-37,42,45,51,53-54,56,61-64,66-68,70,72-74,76-77H,4-7,9-10,12-15,18,21-24,29-30,33,38-41,43-44,46-50,52,55,57-60H2,1-3H3,(H,71,78)/b11-8-,19-16-,20-17-,27-25-,28-26-,32-31-,36-34-,37-35-,45-42-,54-51-,56-53+. The molecular formula is C70H115NO10. The van der Waals surface area contributed by atoms with E-state index >= 15 is 0 Å². The van der Waals surface area contributed by atoms with Crippen molar-refractivity contribution in [2.75, 3.05) is 13.2 Å². The molecule has 0 saturated carbocycles. The number of aliphatic hydroxyl groups excluding tert-OH is 5. The number of nitrogens with one attached hydrogen (secondary N) is 1. The maximum Gasteiger partial charge on any atom is 0.306 e. The van der Waals surface area contributed by atoms with Gasteiger partial charge in [-0.2, -0.15) is 0 Å². The van der Waals surface area contributed by atoms with Crippen LogP contribution in [-0.4, -0.2) is 99.6 Å². The maximum atomic E-state index is 13.4. The largest absolute Gasteiger partial charge is 0.454 e. The van der Waals surface area contributed by atoms with Gasteiger partial charge in [-0.15, -0.1) is 0 Å². The van der Waals surface area contributed by atoms with E-state index in [4.69, 9.17) is 14.2 Å². The minimum atomic E-state index is -1.64. The van der Waals surface area contributed by atoms with E-state index in [9.17, 15) is 35.1 Å². The summed E-state index contributed by atoms with van der Waals surface area (Å²) in [6.45, 7) is 5.58. The highest BCUT2D eigenvalue weighted by Gasteiger charge is 2.47. The number of carbonyl (C=O) groups excluding carboxylic acids is 2. The lowest BCUT2D eigenvalue weighted by Gasteiger charge is -2.41. The van der Waals surface area contributed by atoms with Crippen molar-refractivity contribution < 1.29 is 49.3 Å². The smallest absolute Gasteiger partial charge is 0.306 e. The molecule has 460 valence electrons. The Kier molecular flexibility index (Phi) is 52.0. The molecule has 0 bridgehead atoms. The third kappa shape index (κ3) is 44.1. The average molecular weight is 1130 g/mol. The third-order valence-corrected chi connectivity index (χ3v) is 14.0. The highest BCUT2D eigenvalue weighted by Crippen LogP contribution is 2.26. The number of hydrogen-bond acceptors (Lipinski definition) is 10. The first-order valence-electron chi connectivity index (χ1n) is 32.0. The van der Waals surface area contributed by atoms with Crippen molar-refractivity contribution in [1.29, 1.82) is 0 Å². The van der Waals surface area contributed by atoms with Gasteiger partial charge < -0.3 is 45.1 Å². The summed E-state index contributed by atoms with van der Waals surface area (Å²) >= 11 is 0. The van der Waals surface area contributed by atoms with Crippen molar-refractivity contribution in [2.24, 2.45) is 0 Å². The molecule has 11 heteroatoms. The normalized spacial score (nSPS) is 19.6. The Morgan fingerprint density at radius 2 is 0.889 bits per heavy atom. The van der Waals surface area contributed by atoms with E-state index in [1.165, 1.54) is 77.0 Å². The fourth-order valence-electron chi connectivity index (χ4n) is 9.00. The average Bonchev–Trinajstić information content (AvgIpc) is 3.46. The molecule has 1 saturated heterocycles. The quantitative estimate of drug-likeness (QED) is 0.0195. The monoisotopic (exact) mass is 1130 g/mol. The van der Waals surface area contributed by atoms with Crippen LogP contribution in [0.15, 0.2) is 134 Å². The first-order valence-corrected chi connectivity index (χ1v) is 32.0. The number of esters is 1. The maximum absolute atomic E-state index is 13.4. The zero-order valence-corrected chi connectivity index (χ0v) is 50.8. The molecule has 1 rings (SSSR count). The molecule has 6 N–H and O–H groups in total. The van der Waals surface area contributed by atoms with Gasteiger partial charge >= 0.3 is 5.97 Å². The van der Waals surface area contributed by atoms with E-state index in [1.54, 1.807) is 12.2 Å². The Bertz CT molecular complexity index is 1830. The summed E-state index contributed by atoms with van der Waals surface area (Å²) in [7, 11) is 0. The van der Waals surface area contributed by atoms with Crippen LogP contribution in [0.2, 0.25) is 0 Å². The van der Waals surface area contributed by atoms with Crippen LogP contribution >= 0.6 is 0 Å². The predicted molar refractivity (Wildman–Crippen MR) is 337 cm³/mol. The zero-order valence-electron chi connectivity index (χ0n) is 50.8. The first kappa shape index (κ1) is 74.8. The predicted octanol–water partition coefficient (Wildman–Crippen LogP) is 15.6. The molecule has 0 aromatic rings. The molecule has 0 aromatic heterocycles. The molecule has 81 heavy (non-hydrogen) atoms. The van der Waals surface area contributed by atoms with E-state index in [0.717, 1.165) is 109 Å². The summed E-state index contributed by atoms with van der Waals surface area (Å²) in [5.41, 5.74) is 0. The molecule has 8 atom stereocenters. The van der Waals surface area contributed by atoms with Crippen LogP contribution in [0.25, 0.3) is 0 Å². The Morgan fingerprint density at radius 3 is 1.36 bits per heavy atom. The molecule has 1 aliphatic rings. The third-order valence-electron chi connectivity index (χ3n) is 14.0. The molecule has 1 aliphatic heterocycles. The first-order chi connectivity index (χ1) is 39.7. The van der Waals surface area contributed by atoms with Crippen LogP contribution in [0, 0.1) is 0 Å². The Labute approximate surface area is 493 Å². The molecule has 8 unspecified atom stereocenters. The van der Waals surface area contributed by atoms with Crippen molar-refractivity contribution in [2.45, 2.75) is 282 Å². The second kappa shape index (κ2) is 56.3. The summed E-state index contributed by atoms with van der Waals surface area (Å²) in [6, 6.07) is -1.08. The Morgan fingerprint density at radius 1 is 0.494 bits per heavy atom. The zero-order chi connectivity index (χ0) is 58.9. The van der Waals surface area contributed by atoms with Crippen LogP contribution in [-0.2, 0) is 23.8 Å². The lowest BCUT2D eigenvalue weighted by Crippen LogP contribution is -2.61. The van der Waals surface area contributed by atoms with Gasteiger partial charge in [0.1, 0.15) is 24.4 Å². The van der Waals surface area contributed by atoms with Crippen LogP contribution in [0.3, 0.4) is 0 Å². The van der Waals surface area contributed by atoms with E-state index in [0.29, 0.717) is 12.8 Å². The summed E-state index contributed by atoms with van der Waals surface area (Å²) in [5, 5.41) is 56.9. The molecule has 11 nitrogen and oxygen atoms in total. The van der Waals surface area contributed by atoms with Crippen molar-refractivity contribution >= 4 is 11.9 Å². The minimum Gasteiger partial charge on any atom is -0.454 e. The van der Waals surface area contributed by atoms with E-state index in [-0.39, 0.29) is 19.4 Å². The van der Waals surface area contributed by atoms with Gasteiger partial charge in [0.25, 0.3) is 0 Å². The number of unbranched alkanes of at least 4 members (excludes halogenated alkanes) is 19. The molecule has 1 heterocycles. The highest BCUT2D eigenvalue weighted by atomic mass is 16.7. The van der Waals surface area contributed by atoms with E-state index in [2.05, 4.69) is 129 Å². The summed E-state index contributed by atoms with van der Waals surface area (Å²) in [6.07, 6.45) is 69.2. The van der Waals surface area contributed by atoms with Crippen LogP contribution in [0.4, 0.5) is 0 Å². The van der Waals surface area contributed by atoms with Gasteiger partial charge in [-0.25, -0.2) is 0 Å². The number of hydrogen-bond donors (Lipinski definition) is 6. The SMILES string of the molecule is CC/C=C\C/C=C\C/C=C\C/C=C\C/C=C\C/C=C\CC(O)C(=O)NC(COC1OC(CO)C(O)C(O)C1OC(=O)CCCCCCC/C=C\C/C=C\C/C=C\C/C=C\CCCCC)C(O)/C=C/CCCCCCCCCCCCC. The van der Waals surface area contributed by atoms with Crippen molar-refractivity contribution in [3.63, 3.8) is 0 Å². The summed E-state index contributed by atoms with van der Waals surface area (Å²) < 4.78 is 17.6. The Balaban J connectivity index is 2.75. The van der Waals surface area contributed by atoms with Gasteiger partial charge in [-0.3, -0.25) is 9.59 Å². The fraction of sp³-hybridized carbons (Fsp3) is 0.657. The van der Waals surface area contributed by atoms with Crippen LogP contribution in [0.5, 0.6) is 0 Å². The van der Waals surface area contributed by atoms with Crippen molar-refractivity contribution in [3.8, 4) is 0 Å². The summed E-state index contributed by atoms with van der Waals surface area (Å²) in [4.78, 5) is 26.6. The number of amides is 1. The van der Waals surface area contributed by atoms with Crippen LogP contribution in [0.1, 0.15) is 233 Å². The molecule has 1 amide bonds. The number of allylic oxidation sites excluding steroid dienone is 20. The fourth-order valence-corrected chi connectivity index (χ4v) is 9.00. The molecule has 0 spiro atoms. The molecule has 0 aromatic carbocycles. The number of rotatable bonds is 52. The number of aliphatic hydroxyl groups is 5. The van der Waals surface area contributed by atoms with Crippen molar-refractivity contribution in [1.82, 2.24) is 5.32 Å². The topological polar surface area (TPSA) is 175 Å². The van der Waals surface area contributed by atoms with Gasteiger partial charge in [-0.1, -0.05) is 251 Å².